The van der Waals surface area contributed by atoms with Gasteiger partial charge in [-0.2, -0.15) is 0 Å². The van der Waals surface area contributed by atoms with Crippen molar-refractivity contribution in [3.05, 3.63) is 24.3 Å². The minimum atomic E-state index is -3.09. The minimum Gasteiger partial charge on any atom is -0.367 e. The van der Waals surface area contributed by atoms with Gasteiger partial charge in [0.15, 0.2) is 9.84 Å². The summed E-state index contributed by atoms with van der Waals surface area (Å²) in [5.41, 5.74) is 1.14. The Kier molecular flexibility index (Phi) is 2.83. The molecule has 4 nitrogen and oxygen atoms in total. The first kappa shape index (κ1) is 12.0. The van der Waals surface area contributed by atoms with Gasteiger partial charge in [0, 0.05) is 37.6 Å². The average Bonchev–Trinajstić information content (AvgIpc) is 2.89. The van der Waals surface area contributed by atoms with Crippen molar-refractivity contribution < 1.29 is 8.42 Å². The first-order valence-corrected chi connectivity index (χ1v) is 8.22. The molecule has 0 radical (unpaired) electrons. The highest BCUT2D eigenvalue weighted by Gasteiger charge is 2.37. The second-order valence-electron chi connectivity index (χ2n) is 5.23. The van der Waals surface area contributed by atoms with Gasteiger partial charge in [0.25, 0.3) is 0 Å². The first-order chi connectivity index (χ1) is 8.55. The topological polar surface area (TPSA) is 49.4 Å². The van der Waals surface area contributed by atoms with Gasteiger partial charge in [0.1, 0.15) is 0 Å². The van der Waals surface area contributed by atoms with Crippen LogP contribution in [-0.4, -0.2) is 40.3 Å². The van der Waals surface area contributed by atoms with Crippen molar-refractivity contribution in [1.82, 2.24) is 5.32 Å². The molecular weight excluding hydrogens is 248 g/mol. The van der Waals surface area contributed by atoms with Crippen molar-refractivity contribution >= 4 is 15.5 Å². The predicted octanol–water partition coefficient (Wildman–Crippen LogP) is 0.888. The number of sulfone groups is 1. The number of anilines is 1. The lowest BCUT2D eigenvalue weighted by Gasteiger charge is -2.25. The molecule has 2 fully saturated rings. The second kappa shape index (κ2) is 4.24. The van der Waals surface area contributed by atoms with E-state index in [9.17, 15) is 8.42 Å². The zero-order chi connectivity index (χ0) is 12.8. The molecule has 0 bridgehead atoms. The number of nitrogens with one attached hydrogen (secondary N) is 1. The van der Waals surface area contributed by atoms with Crippen LogP contribution in [0.4, 0.5) is 5.69 Å². The summed E-state index contributed by atoms with van der Waals surface area (Å²) in [7, 11) is -3.09. The molecule has 2 aliphatic heterocycles. The molecule has 0 amide bonds. The molecule has 1 N–H and O–H groups in total. The quantitative estimate of drug-likeness (QED) is 0.863. The van der Waals surface area contributed by atoms with E-state index in [4.69, 9.17) is 0 Å². The Morgan fingerprint density at radius 2 is 1.94 bits per heavy atom. The summed E-state index contributed by atoms with van der Waals surface area (Å²) in [6, 6.07) is 7.85. The summed E-state index contributed by atoms with van der Waals surface area (Å²) >= 11 is 0. The third-order valence-electron chi connectivity index (χ3n) is 4.04. The van der Waals surface area contributed by atoms with E-state index in [2.05, 4.69) is 10.2 Å². The molecule has 0 saturated carbocycles. The zero-order valence-corrected chi connectivity index (χ0v) is 11.3. The van der Waals surface area contributed by atoms with Crippen molar-refractivity contribution in [2.75, 3.05) is 30.8 Å². The van der Waals surface area contributed by atoms with Crippen molar-refractivity contribution in [1.29, 1.82) is 0 Å². The smallest absolute Gasteiger partial charge is 0.175 e. The van der Waals surface area contributed by atoms with Crippen LogP contribution in [-0.2, 0) is 9.84 Å². The standard InChI is InChI=1S/C13H18N2O2S/c1-18(16,17)12-4-2-11(3-5-12)15-7-6-10-8-14-9-13(10)15/h2-5,10,13-14H,6-9H2,1H3/t10-,13+/m0/s1. The van der Waals surface area contributed by atoms with Gasteiger partial charge in [-0.1, -0.05) is 0 Å². The molecule has 1 aromatic rings. The summed E-state index contributed by atoms with van der Waals surface area (Å²) < 4.78 is 22.8. The third kappa shape index (κ3) is 2.01. The van der Waals surface area contributed by atoms with E-state index in [1.54, 1.807) is 12.1 Å². The summed E-state index contributed by atoms with van der Waals surface area (Å²) in [6.45, 7) is 3.23. The van der Waals surface area contributed by atoms with Gasteiger partial charge in [0.05, 0.1) is 4.90 Å². The van der Waals surface area contributed by atoms with Crippen LogP contribution in [0.5, 0.6) is 0 Å². The van der Waals surface area contributed by atoms with Gasteiger partial charge < -0.3 is 10.2 Å². The maximum Gasteiger partial charge on any atom is 0.175 e. The lowest BCUT2D eigenvalue weighted by Crippen LogP contribution is -2.34. The summed E-state index contributed by atoms with van der Waals surface area (Å²) in [5.74, 6) is 0.750. The maximum atomic E-state index is 11.4. The molecule has 2 saturated heterocycles. The van der Waals surface area contributed by atoms with Crippen LogP contribution in [0.1, 0.15) is 6.42 Å². The molecule has 0 aromatic heterocycles. The van der Waals surface area contributed by atoms with Crippen molar-refractivity contribution in [3.63, 3.8) is 0 Å². The van der Waals surface area contributed by atoms with Gasteiger partial charge in [0.2, 0.25) is 0 Å². The Labute approximate surface area is 108 Å². The molecule has 5 heteroatoms. The first-order valence-electron chi connectivity index (χ1n) is 6.33. The van der Waals surface area contributed by atoms with Crippen LogP contribution in [0, 0.1) is 5.92 Å². The third-order valence-corrected chi connectivity index (χ3v) is 5.17. The molecule has 0 unspecified atom stereocenters. The number of hydrogen-bond donors (Lipinski definition) is 1. The number of fused-ring (bicyclic) bond motifs is 1. The Morgan fingerprint density at radius 1 is 1.22 bits per heavy atom. The number of rotatable bonds is 2. The highest BCUT2D eigenvalue weighted by atomic mass is 32.2. The minimum absolute atomic E-state index is 0.395. The van der Waals surface area contributed by atoms with Gasteiger partial charge in [-0.25, -0.2) is 8.42 Å². The molecule has 0 spiro atoms. The normalized spacial score (nSPS) is 27.5. The van der Waals surface area contributed by atoms with E-state index in [0.717, 1.165) is 31.2 Å². The number of hydrogen-bond acceptors (Lipinski definition) is 4. The average molecular weight is 266 g/mol. The van der Waals surface area contributed by atoms with Gasteiger partial charge in [-0.05, 0) is 36.6 Å². The molecule has 0 aliphatic carbocycles. The molecule has 1 aromatic carbocycles. The highest BCUT2D eigenvalue weighted by molar-refractivity contribution is 7.90. The molecule has 18 heavy (non-hydrogen) atoms. The van der Waals surface area contributed by atoms with Gasteiger partial charge in [-0.3, -0.25) is 0 Å². The van der Waals surface area contributed by atoms with Gasteiger partial charge in [-0.15, -0.1) is 0 Å². The zero-order valence-electron chi connectivity index (χ0n) is 10.5. The Hall–Kier alpha value is -1.07. The molecule has 98 valence electrons. The lowest BCUT2D eigenvalue weighted by molar-refractivity contribution is 0.578. The SMILES string of the molecule is CS(=O)(=O)c1ccc(N2CC[C@H]3CNC[C@H]32)cc1. The molecule has 2 heterocycles. The Morgan fingerprint density at radius 3 is 2.61 bits per heavy atom. The van der Waals surface area contributed by atoms with Gasteiger partial charge >= 0.3 is 0 Å². The van der Waals surface area contributed by atoms with Crippen LogP contribution in [0.25, 0.3) is 0 Å². The van der Waals surface area contributed by atoms with E-state index in [-0.39, 0.29) is 0 Å². The largest absolute Gasteiger partial charge is 0.367 e. The molecular formula is C13H18N2O2S. The van der Waals surface area contributed by atoms with Crippen molar-refractivity contribution in [2.24, 2.45) is 5.92 Å². The maximum absolute atomic E-state index is 11.4. The highest BCUT2D eigenvalue weighted by Crippen LogP contribution is 2.32. The monoisotopic (exact) mass is 266 g/mol. The summed E-state index contributed by atoms with van der Waals surface area (Å²) in [6.07, 6.45) is 2.47. The summed E-state index contributed by atoms with van der Waals surface area (Å²) in [4.78, 5) is 2.79. The summed E-state index contributed by atoms with van der Waals surface area (Å²) in [5, 5.41) is 3.42. The fraction of sp³-hybridized carbons (Fsp3) is 0.538. The fourth-order valence-electron chi connectivity index (χ4n) is 3.05. The lowest BCUT2D eigenvalue weighted by atomic mass is 10.1. The van der Waals surface area contributed by atoms with E-state index < -0.39 is 9.84 Å². The van der Waals surface area contributed by atoms with Crippen LogP contribution >= 0.6 is 0 Å². The molecule has 2 atom stereocenters. The van der Waals surface area contributed by atoms with Crippen molar-refractivity contribution in [3.8, 4) is 0 Å². The molecule has 3 rings (SSSR count). The predicted molar refractivity (Wildman–Crippen MR) is 71.7 cm³/mol. The Balaban J connectivity index is 1.85. The Bertz CT molecular complexity index is 539. The van der Waals surface area contributed by atoms with Crippen LogP contribution < -0.4 is 10.2 Å². The fourth-order valence-corrected chi connectivity index (χ4v) is 3.69. The van der Waals surface area contributed by atoms with Crippen LogP contribution in [0.3, 0.4) is 0 Å². The second-order valence-corrected chi connectivity index (χ2v) is 7.25. The van der Waals surface area contributed by atoms with Crippen molar-refractivity contribution in [2.45, 2.75) is 17.4 Å². The molecule has 2 aliphatic rings. The number of benzene rings is 1. The van der Waals surface area contributed by atoms with E-state index >= 15 is 0 Å². The van der Waals surface area contributed by atoms with Crippen LogP contribution in [0.15, 0.2) is 29.2 Å². The number of nitrogens with zero attached hydrogens (tertiary/aromatic N) is 1. The van der Waals surface area contributed by atoms with E-state index in [0.29, 0.717) is 10.9 Å². The van der Waals surface area contributed by atoms with Crippen LogP contribution in [0.2, 0.25) is 0 Å². The van der Waals surface area contributed by atoms with E-state index in [1.165, 1.54) is 12.7 Å². The van der Waals surface area contributed by atoms with E-state index in [1.807, 2.05) is 12.1 Å².